The van der Waals surface area contributed by atoms with Gasteiger partial charge in [0.1, 0.15) is 0 Å². The number of ketones is 1. The number of hydrogen-bond acceptors (Lipinski definition) is 4. The van der Waals surface area contributed by atoms with Crippen molar-refractivity contribution in [2.45, 2.75) is 38.6 Å². The number of ether oxygens (including phenoxy) is 1. The van der Waals surface area contributed by atoms with Crippen molar-refractivity contribution in [1.82, 2.24) is 9.55 Å². The van der Waals surface area contributed by atoms with E-state index in [4.69, 9.17) is 16.3 Å². The molecule has 0 saturated heterocycles. The molecule has 0 amide bonds. The largest absolute Gasteiger partial charge is 0.481 e. The Labute approximate surface area is 226 Å². The Morgan fingerprint density at radius 2 is 1.82 bits per heavy atom. The molecule has 0 unspecified atom stereocenters. The fourth-order valence-corrected chi connectivity index (χ4v) is 6.74. The van der Waals surface area contributed by atoms with Gasteiger partial charge in [0, 0.05) is 47.4 Å². The minimum absolute atomic E-state index is 0.127. The van der Waals surface area contributed by atoms with Crippen LogP contribution in [-0.2, 0) is 11.3 Å². The molecule has 4 aromatic rings. The van der Waals surface area contributed by atoms with Crippen molar-refractivity contribution in [3.8, 4) is 17.0 Å². The first-order valence-corrected chi connectivity index (χ1v) is 13.3. The zero-order valence-electron chi connectivity index (χ0n) is 21.2. The Balaban J connectivity index is 1.19. The van der Waals surface area contributed by atoms with Gasteiger partial charge < -0.3 is 14.4 Å². The highest BCUT2D eigenvalue weighted by Crippen LogP contribution is 2.62. The second kappa shape index (κ2) is 9.59. The molecule has 0 bridgehead atoms. The van der Waals surface area contributed by atoms with Crippen LogP contribution >= 0.6 is 11.6 Å². The SMILES string of the molecule is COc1cc(-c2ccc(Cn3ccc4c(Cl)ccc(C(=O)CC5CC6(C5)CC(C(=O)O)C6)c43)cc2)ccn1. The molecule has 0 radical (unpaired) electrons. The summed E-state index contributed by atoms with van der Waals surface area (Å²) in [7, 11) is 1.61. The van der Waals surface area contributed by atoms with Crippen LogP contribution in [0.15, 0.2) is 67.0 Å². The van der Waals surface area contributed by atoms with E-state index in [1.165, 1.54) is 0 Å². The number of carboxylic acids is 1. The van der Waals surface area contributed by atoms with Gasteiger partial charge in [0.15, 0.2) is 5.78 Å². The summed E-state index contributed by atoms with van der Waals surface area (Å²) in [6.07, 6.45) is 7.65. The molecule has 38 heavy (non-hydrogen) atoms. The van der Waals surface area contributed by atoms with Crippen molar-refractivity contribution in [2.24, 2.45) is 17.3 Å². The van der Waals surface area contributed by atoms with E-state index in [2.05, 4.69) is 33.8 Å². The van der Waals surface area contributed by atoms with E-state index in [9.17, 15) is 14.7 Å². The summed E-state index contributed by atoms with van der Waals surface area (Å²) in [6, 6.07) is 17.8. The first kappa shape index (κ1) is 24.7. The lowest BCUT2D eigenvalue weighted by Crippen LogP contribution is -2.50. The smallest absolute Gasteiger partial charge is 0.306 e. The Bertz CT molecular complexity index is 1530. The third-order valence-corrected chi connectivity index (χ3v) is 8.71. The number of carbonyl (C=O) groups excluding carboxylic acids is 1. The molecule has 6 nitrogen and oxygen atoms in total. The van der Waals surface area contributed by atoms with Gasteiger partial charge in [0.25, 0.3) is 0 Å². The first-order valence-electron chi connectivity index (χ1n) is 13.0. The summed E-state index contributed by atoms with van der Waals surface area (Å²) < 4.78 is 7.35. The van der Waals surface area contributed by atoms with E-state index in [-0.39, 0.29) is 17.1 Å². The monoisotopic (exact) mass is 528 g/mol. The van der Waals surface area contributed by atoms with Crippen LogP contribution in [0, 0.1) is 17.3 Å². The molecule has 1 spiro atoms. The number of rotatable bonds is 8. The molecule has 6 rings (SSSR count). The molecule has 1 N–H and O–H groups in total. The molecule has 2 saturated carbocycles. The van der Waals surface area contributed by atoms with E-state index >= 15 is 0 Å². The highest BCUT2D eigenvalue weighted by atomic mass is 35.5. The molecule has 0 aliphatic heterocycles. The number of aromatic nitrogens is 2. The molecule has 2 aromatic heterocycles. The molecule has 2 aliphatic rings. The summed E-state index contributed by atoms with van der Waals surface area (Å²) in [5.74, 6) is 0.140. The van der Waals surface area contributed by atoms with Gasteiger partial charge in [-0.1, -0.05) is 35.9 Å². The maximum absolute atomic E-state index is 13.5. The second-order valence-corrected chi connectivity index (χ2v) is 11.3. The fraction of sp³-hybridized carbons (Fsp3) is 0.323. The van der Waals surface area contributed by atoms with Crippen LogP contribution < -0.4 is 4.74 Å². The Hall–Kier alpha value is -3.64. The number of pyridine rings is 1. The number of carbonyl (C=O) groups is 2. The summed E-state index contributed by atoms with van der Waals surface area (Å²) in [5, 5.41) is 10.7. The van der Waals surface area contributed by atoms with Gasteiger partial charge in [-0.15, -0.1) is 0 Å². The minimum Gasteiger partial charge on any atom is -0.481 e. The molecule has 2 fully saturated rings. The summed E-state index contributed by atoms with van der Waals surface area (Å²) in [4.78, 5) is 28.8. The number of aliphatic carboxylic acids is 1. The summed E-state index contributed by atoms with van der Waals surface area (Å²) >= 11 is 6.52. The maximum Gasteiger partial charge on any atom is 0.306 e. The number of halogens is 1. The zero-order valence-corrected chi connectivity index (χ0v) is 21.9. The van der Waals surface area contributed by atoms with E-state index < -0.39 is 5.97 Å². The zero-order chi connectivity index (χ0) is 26.4. The lowest BCUT2D eigenvalue weighted by atomic mass is 9.47. The van der Waals surface area contributed by atoms with Crippen LogP contribution in [0.5, 0.6) is 5.88 Å². The third-order valence-electron chi connectivity index (χ3n) is 8.38. The van der Waals surface area contributed by atoms with Gasteiger partial charge in [-0.2, -0.15) is 0 Å². The van der Waals surface area contributed by atoms with Gasteiger partial charge in [0.05, 0.1) is 18.5 Å². The lowest BCUT2D eigenvalue weighted by molar-refractivity contribution is -0.157. The highest BCUT2D eigenvalue weighted by Gasteiger charge is 2.54. The third kappa shape index (κ3) is 4.47. The van der Waals surface area contributed by atoms with Crippen molar-refractivity contribution in [3.05, 3.63) is 83.1 Å². The van der Waals surface area contributed by atoms with Crippen LogP contribution in [0.4, 0.5) is 0 Å². The topological polar surface area (TPSA) is 81.4 Å². The molecule has 2 heterocycles. The molecular formula is C31H29ClN2O4. The number of fused-ring (bicyclic) bond motifs is 1. The highest BCUT2D eigenvalue weighted by molar-refractivity contribution is 6.36. The summed E-state index contributed by atoms with van der Waals surface area (Å²) in [6.45, 7) is 0.618. The average Bonchev–Trinajstić information content (AvgIpc) is 3.29. The van der Waals surface area contributed by atoms with Gasteiger partial charge >= 0.3 is 5.97 Å². The van der Waals surface area contributed by atoms with E-state index in [0.29, 0.717) is 35.3 Å². The van der Waals surface area contributed by atoms with Crippen molar-refractivity contribution in [3.63, 3.8) is 0 Å². The predicted octanol–water partition coefficient (Wildman–Crippen LogP) is 6.88. The lowest BCUT2D eigenvalue weighted by Gasteiger charge is -2.56. The van der Waals surface area contributed by atoms with Crippen molar-refractivity contribution in [2.75, 3.05) is 7.11 Å². The quantitative estimate of drug-likeness (QED) is 0.252. The fourth-order valence-electron chi connectivity index (χ4n) is 6.52. The van der Waals surface area contributed by atoms with Crippen LogP contribution in [0.3, 0.4) is 0 Å². The molecule has 7 heteroatoms. The second-order valence-electron chi connectivity index (χ2n) is 10.9. The number of hydrogen-bond donors (Lipinski definition) is 1. The Kier molecular flexibility index (Phi) is 6.23. The standard InChI is InChI=1S/C31H29ClN2O4/c1-38-28-13-22(8-10-33-28)21-4-2-19(3-5-21)18-34-11-9-24-26(32)7-6-25(29(24)34)27(35)12-20-14-31(15-20)16-23(17-31)30(36)37/h2-11,13,20,23H,12,14-18H2,1H3,(H,36,37). The predicted molar refractivity (Wildman–Crippen MR) is 147 cm³/mol. The van der Waals surface area contributed by atoms with E-state index in [1.807, 2.05) is 36.5 Å². The van der Waals surface area contributed by atoms with Gasteiger partial charge in [-0.3, -0.25) is 9.59 Å². The van der Waals surface area contributed by atoms with Crippen molar-refractivity contribution < 1.29 is 19.4 Å². The molecule has 2 aliphatic carbocycles. The number of methoxy groups -OCH3 is 1. The van der Waals surface area contributed by atoms with E-state index in [0.717, 1.165) is 53.3 Å². The first-order chi connectivity index (χ1) is 18.3. The van der Waals surface area contributed by atoms with Crippen molar-refractivity contribution >= 4 is 34.3 Å². The molecule has 194 valence electrons. The number of carboxylic acid groups (broad SMARTS) is 1. The Morgan fingerprint density at radius 3 is 2.53 bits per heavy atom. The summed E-state index contributed by atoms with van der Waals surface area (Å²) in [5.41, 5.74) is 4.96. The van der Waals surface area contributed by atoms with Gasteiger partial charge in [-0.25, -0.2) is 4.98 Å². The Morgan fingerprint density at radius 1 is 1.05 bits per heavy atom. The molecule has 0 atom stereocenters. The number of Topliss-reactive ketones (excluding diaryl/α,β-unsaturated/α-hetero) is 1. The maximum atomic E-state index is 13.5. The van der Waals surface area contributed by atoms with Gasteiger partial charge in [0.2, 0.25) is 5.88 Å². The molecular weight excluding hydrogens is 500 g/mol. The van der Waals surface area contributed by atoms with Crippen LogP contribution in [0.1, 0.15) is 48.0 Å². The van der Waals surface area contributed by atoms with Crippen molar-refractivity contribution in [1.29, 1.82) is 0 Å². The number of nitrogens with zero attached hydrogens (tertiary/aromatic N) is 2. The minimum atomic E-state index is -0.688. The molecule has 2 aromatic carbocycles. The number of benzene rings is 2. The van der Waals surface area contributed by atoms with Crippen LogP contribution in [0.25, 0.3) is 22.0 Å². The van der Waals surface area contributed by atoms with Gasteiger partial charge in [-0.05, 0) is 78.0 Å². The van der Waals surface area contributed by atoms with E-state index in [1.54, 1.807) is 13.3 Å². The van der Waals surface area contributed by atoms with Crippen LogP contribution in [0.2, 0.25) is 5.02 Å². The normalized spacial score (nSPS) is 22.2. The van der Waals surface area contributed by atoms with Crippen LogP contribution in [-0.4, -0.2) is 33.5 Å². The average molecular weight is 529 g/mol.